The molecule has 1 unspecified atom stereocenters. The van der Waals surface area contributed by atoms with E-state index in [1.54, 1.807) is 25.1 Å². The van der Waals surface area contributed by atoms with Crippen molar-refractivity contribution in [3.63, 3.8) is 0 Å². The van der Waals surface area contributed by atoms with E-state index in [0.29, 0.717) is 0 Å². The molecule has 0 aromatic carbocycles. The number of nitrogens with one attached hydrogen (secondary N) is 2. The summed E-state index contributed by atoms with van der Waals surface area (Å²) < 4.78 is 0. The Morgan fingerprint density at radius 2 is 1.65 bits per heavy atom. The van der Waals surface area contributed by atoms with Crippen LogP contribution in [0.3, 0.4) is 0 Å². The highest BCUT2D eigenvalue weighted by Crippen LogP contribution is 2.28. The fourth-order valence-electron chi connectivity index (χ4n) is 4.36. The Morgan fingerprint density at radius 3 is 2.06 bits per heavy atom. The predicted molar refractivity (Wildman–Crippen MR) is 124 cm³/mol. The lowest BCUT2D eigenvalue weighted by Crippen LogP contribution is -2.60. The molecule has 1 saturated carbocycles. The third kappa shape index (κ3) is 7.63. The minimum atomic E-state index is -1.00. The third-order valence-corrected chi connectivity index (χ3v) is 6.35. The van der Waals surface area contributed by atoms with Crippen LogP contribution >= 0.6 is 0 Å². The van der Waals surface area contributed by atoms with Gasteiger partial charge in [0.1, 0.15) is 6.04 Å². The van der Waals surface area contributed by atoms with Crippen LogP contribution in [0.4, 0.5) is 0 Å². The molecule has 0 saturated heterocycles. The molecule has 178 valence electrons. The number of aliphatic carboxylic acids is 1. The van der Waals surface area contributed by atoms with Gasteiger partial charge in [0, 0.05) is 12.6 Å². The van der Waals surface area contributed by atoms with Gasteiger partial charge in [-0.05, 0) is 44.1 Å². The molecule has 0 bridgehead atoms. The number of carboxylic acids is 1. The number of likely N-dealkylation sites (N-methyl/N-ethyl adjacent to an activating group) is 2. The Hall–Kier alpha value is -1.89. The summed E-state index contributed by atoms with van der Waals surface area (Å²) in [6, 6.07) is -1.42. The molecule has 0 aromatic rings. The highest BCUT2D eigenvalue weighted by Gasteiger charge is 2.39. The van der Waals surface area contributed by atoms with Crippen molar-refractivity contribution in [1.82, 2.24) is 15.5 Å². The van der Waals surface area contributed by atoms with E-state index >= 15 is 0 Å². The number of carboxylic acid groups (broad SMARTS) is 1. The van der Waals surface area contributed by atoms with E-state index < -0.39 is 17.4 Å². The van der Waals surface area contributed by atoms with E-state index in [2.05, 4.69) is 10.6 Å². The first-order valence-electron chi connectivity index (χ1n) is 11.5. The number of nitrogens with zero attached hydrogens (tertiary/aromatic N) is 1. The Morgan fingerprint density at radius 1 is 1.10 bits per heavy atom. The number of hydrogen-bond donors (Lipinski definition) is 3. The first-order valence-corrected chi connectivity index (χ1v) is 11.5. The molecule has 1 fully saturated rings. The number of amides is 2. The molecule has 0 heterocycles. The fourth-order valence-corrected chi connectivity index (χ4v) is 4.36. The summed E-state index contributed by atoms with van der Waals surface area (Å²) in [4.78, 5) is 39.6. The molecule has 7 heteroatoms. The lowest BCUT2D eigenvalue weighted by molar-refractivity contribution is -0.141. The Labute approximate surface area is 188 Å². The van der Waals surface area contributed by atoms with E-state index in [1.165, 1.54) is 13.3 Å². The Bertz CT molecular complexity index is 660. The highest BCUT2D eigenvalue weighted by atomic mass is 16.4. The minimum Gasteiger partial charge on any atom is -0.478 e. The quantitative estimate of drug-likeness (QED) is 0.481. The van der Waals surface area contributed by atoms with Gasteiger partial charge in [-0.2, -0.15) is 0 Å². The van der Waals surface area contributed by atoms with Gasteiger partial charge < -0.3 is 20.6 Å². The van der Waals surface area contributed by atoms with Crippen molar-refractivity contribution in [3.05, 3.63) is 11.6 Å². The van der Waals surface area contributed by atoms with E-state index in [1.807, 2.05) is 34.6 Å². The maximum absolute atomic E-state index is 13.5. The molecule has 0 aromatic heterocycles. The Kier molecular flexibility index (Phi) is 10.2. The number of rotatable bonds is 9. The summed E-state index contributed by atoms with van der Waals surface area (Å²) in [5.74, 6) is -1.07. The lowest BCUT2D eigenvalue weighted by Gasteiger charge is -2.38. The van der Waals surface area contributed by atoms with E-state index in [9.17, 15) is 19.5 Å². The van der Waals surface area contributed by atoms with E-state index in [4.69, 9.17) is 0 Å². The Balaban J connectivity index is 3.11. The van der Waals surface area contributed by atoms with Crippen molar-refractivity contribution in [1.29, 1.82) is 0 Å². The number of carbonyl (C=O) groups excluding carboxylic acids is 2. The molecule has 0 radical (unpaired) electrons. The zero-order valence-electron chi connectivity index (χ0n) is 20.6. The van der Waals surface area contributed by atoms with Crippen LogP contribution in [0.2, 0.25) is 0 Å². The predicted octanol–water partition coefficient (Wildman–Crippen LogP) is 3.20. The highest BCUT2D eigenvalue weighted by molar-refractivity contribution is 5.91. The van der Waals surface area contributed by atoms with Crippen LogP contribution in [0.25, 0.3) is 0 Å². The van der Waals surface area contributed by atoms with Crippen molar-refractivity contribution < 1.29 is 19.5 Å². The maximum atomic E-state index is 13.5. The smallest absolute Gasteiger partial charge is 0.331 e. The summed E-state index contributed by atoms with van der Waals surface area (Å²) in [6.45, 7) is 11.2. The third-order valence-electron chi connectivity index (χ3n) is 6.35. The molecule has 1 aliphatic rings. The van der Waals surface area contributed by atoms with E-state index in [-0.39, 0.29) is 41.3 Å². The normalized spacial score (nSPS) is 18.9. The topological polar surface area (TPSA) is 98.7 Å². The summed E-state index contributed by atoms with van der Waals surface area (Å²) in [5, 5.41) is 15.5. The van der Waals surface area contributed by atoms with Crippen molar-refractivity contribution in [2.75, 3.05) is 14.1 Å². The van der Waals surface area contributed by atoms with Gasteiger partial charge in [-0.1, -0.05) is 60.0 Å². The lowest BCUT2D eigenvalue weighted by atomic mass is 9.82. The molecule has 3 atom stereocenters. The van der Waals surface area contributed by atoms with E-state index in [0.717, 1.165) is 25.7 Å². The SMILES string of the molecule is CN[C@H](C(=O)NC(C(=O)N(C)[C@H](/C=C(\C)C(=O)O)C(C)C)C(C)(C)C)C1CCCCC1. The summed E-state index contributed by atoms with van der Waals surface area (Å²) in [7, 11) is 3.48. The fraction of sp³-hybridized carbons (Fsp3) is 0.792. The minimum absolute atomic E-state index is 0.0202. The molecule has 3 N–H and O–H groups in total. The van der Waals surface area contributed by atoms with Gasteiger partial charge in [-0.15, -0.1) is 0 Å². The summed E-state index contributed by atoms with van der Waals surface area (Å²) in [6.07, 6.45) is 7.12. The first kappa shape index (κ1) is 27.1. The van der Waals surface area contributed by atoms with Gasteiger partial charge in [-0.3, -0.25) is 9.59 Å². The maximum Gasteiger partial charge on any atom is 0.331 e. The number of hydrogen-bond acceptors (Lipinski definition) is 4. The molecule has 0 spiro atoms. The van der Waals surface area contributed by atoms with Gasteiger partial charge in [0.15, 0.2) is 0 Å². The molecule has 1 rings (SSSR count). The molecule has 2 amide bonds. The van der Waals surface area contributed by atoms with Crippen molar-refractivity contribution in [2.24, 2.45) is 17.3 Å². The van der Waals surface area contributed by atoms with Crippen LogP contribution in [-0.4, -0.2) is 60.0 Å². The van der Waals surface area contributed by atoms with Crippen LogP contribution in [-0.2, 0) is 14.4 Å². The standard InChI is InChI=1S/C24H43N3O4/c1-15(2)18(14-16(3)23(30)31)27(8)22(29)20(24(4,5)6)26-21(28)19(25-7)17-12-10-9-11-13-17/h14-15,17-20,25H,9-13H2,1-8H3,(H,26,28)(H,30,31)/b16-14+/t18-,19+,20?/m1/s1. The first-order chi connectivity index (χ1) is 14.3. The van der Waals surface area contributed by atoms with Gasteiger partial charge in [0.25, 0.3) is 0 Å². The molecule has 1 aliphatic carbocycles. The molecular weight excluding hydrogens is 394 g/mol. The molecule has 7 nitrogen and oxygen atoms in total. The largest absolute Gasteiger partial charge is 0.478 e. The summed E-state index contributed by atoms with van der Waals surface area (Å²) >= 11 is 0. The average molecular weight is 438 g/mol. The molecule has 0 aliphatic heterocycles. The van der Waals surface area contributed by atoms with Gasteiger partial charge in [0.05, 0.1) is 12.1 Å². The molecular formula is C24H43N3O4. The second-order valence-corrected chi connectivity index (χ2v) is 10.3. The van der Waals surface area contributed by atoms with Crippen LogP contribution in [0.5, 0.6) is 0 Å². The van der Waals surface area contributed by atoms with Gasteiger partial charge >= 0.3 is 5.97 Å². The second-order valence-electron chi connectivity index (χ2n) is 10.3. The van der Waals surface area contributed by atoms with Gasteiger partial charge in [-0.25, -0.2) is 4.79 Å². The number of carbonyl (C=O) groups is 3. The van der Waals surface area contributed by atoms with Crippen molar-refractivity contribution >= 4 is 17.8 Å². The average Bonchev–Trinajstić information content (AvgIpc) is 2.69. The summed E-state index contributed by atoms with van der Waals surface area (Å²) in [5.41, 5.74) is -0.305. The zero-order valence-corrected chi connectivity index (χ0v) is 20.6. The van der Waals surface area contributed by atoms with Crippen LogP contribution in [0, 0.1) is 17.3 Å². The monoisotopic (exact) mass is 437 g/mol. The second kappa shape index (κ2) is 11.7. The van der Waals surface area contributed by atoms with Gasteiger partial charge in [0.2, 0.25) is 11.8 Å². The zero-order chi connectivity index (χ0) is 23.9. The molecule has 31 heavy (non-hydrogen) atoms. The van der Waals surface area contributed by atoms with Crippen LogP contribution in [0.15, 0.2) is 11.6 Å². The van der Waals surface area contributed by atoms with Crippen molar-refractivity contribution in [3.8, 4) is 0 Å². The van der Waals surface area contributed by atoms with Crippen molar-refractivity contribution in [2.45, 2.75) is 91.8 Å². The van der Waals surface area contributed by atoms with Crippen LogP contribution in [0.1, 0.15) is 73.6 Å². The van der Waals surface area contributed by atoms with Crippen LogP contribution < -0.4 is 10.6 Å².